The quantitative estimate of drug-likeness (QED) is 0.467. The predicted octanol–water partition coefficient (Wildman–Crippen LogP) is 3.25. The minimum Gasteiger partial charge on any atom is -0.465 e. The Kier molecular flexibility index (Phi) is 5.28. The van der Waals surface area contributed by atoms with Crippen LogP contribution in [0.25, 0.3) is 21.2 Å². The third kappa shape index (κ3) is 3.67. The molecule has 0 bridgehead atoms. The van der Waals surface area contributed by atoms with Gasteiger partial charge in [0.15, 0.2) is 16.0 Å². The molecule has 0 atom stereocenters. The standard InChI is InChI=1S/C21H15FN2O5S/c1-2-28-18(26)11-24-19-13(22)7-5-9-17(19)30-21(24)23-20(27)16-10-14(25)12-6-3-4-8-15(12)29-16/h3-10H,2,11H2,1H3. The third-order valence-electron chi connectivity index (χ3n) is 4.29. The third-order valence-corrected chi connectivity index (χ3v) is 5.33. The van der Waals surface area contributed by atoms with Crippen molar-refractivity contribution in [3.63, 3.8) is 0 Å². The van der Waals surface area contributed by atoms with Crippen LogP contribution in [0.2, 0.25) is 0 Å². The molecule has 0 saturated carbocycles. The highest BCUT2D eigenvalue weighted by molar-refractivity contribution is 7.16. The zero-order chi connectivity index (χ0) is 21.3. The first kappa shape index (κ1) is 19.7. The fraction of sp³-hybridized carbons (Fsp3) is 0.143. The van der Waals surface area contributed by atoms with Gasteiger partial charge in [0.2, 0.25) is 0 Å². The molecule has 0 spiro atoms. The van der Waals surface area contributed by atoms with Crippen LogP contribution in [0, 0.1) is 5.82 Å². The number of nitrogens with zero attached hydrogens (tertiary/aromatic N) is 2. The smallest absolute Gasteiger partial charge is 0.326 e. The van der Waals surface area contributed by atoms with Gasteiger partial charge in [0.25, 0.3) is 0 Å². The summed E-state index contributed by atoms with van der Waals surface area (Å²) in [7, 11) is 0. The topological polar surface area (TPSA) is 90.9 Å². The Hall–Kier alpha value is -3.59. The van der Waals surface area contributed by atoms with E-state index in [9.17, 15) is 18.8 Å². The van der Waals surface area contributed by atoms with Crippen molar-refractivity contribution in [3.05, 3.63) is 75.1 Å². The highest BCUT2D eigenvalue weighted by Crippen LogP contribution is 2.21. The zero-order valence-corrected chi connectivity index (χ0v) is 16.6. The van der Waals surface area contributed by atoms with Crippen molar-refractivity contribution in [3.8, 4) is 0 Å². The fourth-order valence-corrected chi connectivity index (χ4v) is 4.05. The molecule has 2 aromatic carbocycles. The summed E-state index contributed by atoms with van der Waals surface area (Å²) in [4.78, 5) is 41.1. The van der Waals surface area contributed by atoms with E-state index in [1.165, 1.54) is 16.7 Å². The van der Waals surface area contributed by atoms with Crippen LogP contribution in [-0.4, -0.2) is 23.1 Å². The summed E-state index contributed by atoms with van der Waals surface area (Å²) in [6, 6.07) is 12.0. The molecule has 7 nitrogen and oxygen atoms in total. The molecule has 0 unspecified atom stereocenters. The van der Waals surface area contributed by atoms with Gasteiger partial charge in [-0.15, -0.1) is 0 Å². The van der Waals surface area contributed by atoms with Crippen molar-refractivity contribution in [2.45, 2.75) is 13.5 Å². The highest BCUT2D eigenvalue weighted by atomic mass is 32.1. The number of hydrogen-bond donors (Lipinski definition) is 0. The molecule has 4 rings (SSSR count). The molecule has 1 amide bonds. The van der Waals surface area contributed by atoms with E-state index in [0.29, 0.717) is 10.1 Å². The highest BCUT2D eigenvalue weighted by Gasteiger charge is 2.17. The predicted molar refractivity (Wildman–Crippen MR) is 109 cm³/mol. The summed E-state index contributed by atoms with van der Waals surface area (Å²) < 4.78 is 26.7. The average molecular weight is 426 g/mol. The van der Waals surface area contributed by atoms with Gasteiger partial charge >= 0.3 is 11.9 Å². The van der Waals surface area contributed by atoms with Crippen LogP contribution in [-0.2, 0) is 16.1 Å². The molecule has 9 heteroatoms. The number of carbonyl (C=O) groups is 2. The van der Waals surface area contributed by atoms with Gasteiger partial charge in [-0.3, -0.25) is 14.4 Å². The molecular formula is C21H15FN2O5S. The van der Waals surface area contributed by atoms with Crippen molar-refractivity contribution in [2.75, 3.05) is 6.61 Å². The van der Waals surface area contributed by atoms with Gasteiger partial charge < -0.3 is 13.7 Å². The molecule has 152 valence electrons. The lowest BCUT2D eigenvalue weighted by atomic mass is 10.2. The lowest BCUT2D eigenvalue weighted by molar-refractivity contribution is -0.143. The number of benzene rings is 2. The van der Waals surface area contributed by atoms with Crippen LogP contribution in [0.5, 0.6) is 0 Å². The van der Waals surface area contributed by atoms with Gasteiger partial charge in [0.05, 0.1) is 22.2 Å². The van der Waals surface area contributed by atoms with E-state index in [1.54, 1.807) is 37.3 Å². The Bertz CT molecular complexity index is 1420. The number of esters is 1. The van der Waals surface area contributed by atoms with Crippen molar-refractivity contribution >= 4 is 44.4 Å². The molecule has 0 fully saturated rings. The Morgan fingerprint density at radius 1 is 1.20 bits per heavy atom. The number of thiazole rings is 1. The summed E-state index contributed by atoms with van der Waals surface area (Å²) in [5.74, 6) is -2.22. The van der Waals surface area contributed by atoms with Crippen LogP contribution in [0.4, 0.5) is 4.39 Å². The molecular weight excluding hydrogens is 411 g/mol. The first-order valence-corrected chi connectivity index (χ1v) is 9.85. The lowest BCUT2D eigenvalue weighted by Gasteiger charge is -2.05. The van der Waals surface area contributed by atoms with E-state index in [4.69, 9.17) is 9.15 Å². The molecule has 30 heavy (non-hydrogen) atoms. The van der Waals surface area contributed by atoms with Crippen molar-refractivity contribution in [2.24, 2.45) is 4.99 Å². The van der Waals surface area contributed by atoms with Crippen LogP contribution in [0.3, 0.4) is 0 Å². The number of amides is 1. The number of para-hydroxylation sites is 2. The van der Waals surface area contributed by atoms with Crippen molar-refractivity contribution in [1.29, 1.82) is 0 Å². The maximum Gasteiger partial charge on any atom is 0.326 e. The van der Waals surface area contributed by atoms with Crippen LogP contribution in [0.15, 0.2) is 62.7 Å². The maximum absolute atomic E-state index is 14.4. The molecule has 2 heterocycles. The number of hydrogen-bond acceptors (Lipinski definition) is 6. The van der Waals surface area contributed by atoms with Gasteiger partial charge in [-0.25, -0.2) is 4.39 Å². The van der Waals surface area contributed by atoms with Gasteiger partial charge in [-0.1, -0.05) is 29.5 Å². The van der Waals surface area contributed by atoms with Gasteiger partial charge in [0.1, 0.15) is 17.9 Å². The summed E-state index contributed by atoms with van der Waals surface area (Å²) >= 11 is 1.04. The molecule has 0 aliphatic heterocycles. The minimum atomic E-state index is -0.817. The van der Waals surface area contributed by atoms with E-state index in [2.05, 4.69) is 4.99 Å². The Labute approximate surface area is 172 Å². The fourth-order valence-electron chi connectivity index (χ4n) is 3.01. The van der Waals surface area contributed by atoms with Crippen molar-refractivity contribution < 1.29 is 23.1 Å². The second kappa shape index (κ2) is 8.03. The Morgan fingerprint density at radius 2 is 2.00 bits per heavy atom. The molecule has 4 aromatic rings. The van der Waals surface area contributed by atoms with Gasteiger partial charge in [-0.2, -0.15) is 4.99 Å². The van der Waals surface area contributed by atoms with E-state index in [-0.39, 0.29) is 40.2 Å². The minimum absolute atomic E-state index is 0.0870. The summed E-state index contributed by atoms with van der Waals surface area (Å²) in [5.41, 5.74) is 0.0181. The SMILES string of the molecule is CCOC(=O)Cn1c(=NC(=O)c2cc(=O)c3ccccc3o2)sc2cccc(F)c21. The maximum atomic E-state index is 14.4. The number of aromatic nitrogens is 1. The van der Waals surface area contributed by atoms with E-state index >= 15 is 0 Å². The number of rotatable bonds is 4. The van der Waals surface area contributed by atoms with Gasteiger partial charge in [-0.05, 0) is 31.2 Å². The van der Waals surface area contributed by atoms with Gasteiger partial charge in [0, 0.05) is 6.07 Å². The van der Waals surface area contributed by atoms with E-state index in [1.807, 2.05) is 0 Å². The van der Waals surface area contributed by atoms with Crippen LogP contribution < -0.4 is 10.2 Å². The van der Waals surface area contributed by atoms with Crippen LogP contribution in [0.1, 0.15) is 17.5 Å². The number of ether oxygens (including phenoxy) is 1. The Balaban J connectivity index is 1.86. The number of halogens is 1. The molecule has 0 aliphatic carbocycles. The first-order chi connectivity index (χ1) is 14.5. The zero-order valence-electron chi connectivity index (χ0n) is 15.8. The monoisotopic (exact) mass is 426 g/mol. The molecule has 0 radical (unpaired) electrons. The van der Waals surface area contributed by atoms with Crippen LogP contribution >= 0.6 is 11.3 Å². The molecule has 0 saturated heterocycles. The number of carbonyl (C=O) groups excluding carboxylic acids is 2. The second-order valence-corrected chi connectivity index (χ2v) is 7.26. The van der Waals surface area contributed by atoms with E-state index in [0.717, 1.165) is 17.4 Å². The summed E-state index contributed by atoms with van der Waals surface area (Å²) in [5, 5.41) is 0.343. The number of fused-ring (bicyclic) bond motifs is 2. The average Bonchev–Trinajstić information content (AvgIpc) is 3.06. The summed E-state index contributed by atoms with van der Waals surface area (Å²) in [6.45, 7) is 1.51. The molecule has 0 N–H and O–H groups in total. The first-order valence-electron chi connectivity index (χ1n) is 9.03. The van der Waals surface area contributed by atoms with Crippen molar-refractivity contribution in [1.82, 2.24) is 4.57 Å². The lowest BCUT2D eigenvalue weighted by Crippen LogP contribution is -2.23. The summed E-state index contributed by atoms with van der Waals surface area (Å²) in [6.07, 6.45) is 0. The molecule has 2 aromatic heterocycles. The Morgan fingerprint density at radius 3 is 2.80 bits per heavy atom. The van der Waals surface area contributed by atoms with E-state index < -0.39 is 17.7 Å². The second-order valence-electron chi connectivity index (χ2n) is 6.25. The molecule has 0 aliphatic rings. The normalized spacial score (nSPS) is 11.9. The largest absolute Gasteiger partial charge is 0.465 e.